The van der Waals surface area contributed by atoms with Crippen LogP contribution >= 0.6 is 12.0 Å². The maximum Gasteiger partial charge on any atom is 0.227 e. The Morgan fingerprint density at radius 1 is 1.33 bits per heavy atom. The number of nitrogens with one attached hydrogen (secondary N) is 1. The summed E-state index contributed by atoms with van der Waals surface area (Å²) in [4.78, 5) is 15.5. The summed E-state index contributed by atoms with van der Waals surface area (Å²) in [5.74, 6) is 0.216. The summed E-state index contributed by atoms with van der Waals surface area (Å²) in [7, 11) is 0. The summed E-state index contributed by atoms with van der Waals surface area (Å²) >= 11 is 0.731. The Kier molecular flexibility index (Phi) is 6.54. The third-order valence-electron chi connectivity index (χ3n) is 3.92. The smallest absolute Gasteiger partial charge is 0.227 e. The van der Waals surface area contributed by atoms with Crippen LogP contribution in [0.1, 0.15) is 31.7 Å². The highest BCUT2D eigenvalue weighted by Crippen LogP contribution is 2.17. The van der Waals surface area contributed by atoms with Gasteiger partial charge in [-0.05, 0) is 50.0 Å². The van der Waals surface area contributed by atoms with Crippen molar-refractivity contribution in [2.45, 2.75) is 43.5 Å². The molecule has 1 fully saturated rings. The lowest BCUT2D eigenvalue weighted by atomic mass is 10.0. The van der Waals surface area contributed by atoms with Crippen LogP contribution in [-0.2, 0) is 11.2 Å². The van der Waals surface area contributed by atoms with Crippen LogP contribution < -0.4 is 5.32 Å². The van der Waals surface area contributed by atoms with Crippen LogP contribution in [0.5, 0.6) is 0 Å². The number of hydrogen-bond acceptors (Lipinski definition) is 4. The Morgan fingerprint density at radius 2 is 2.00 bits per heavy atom. The van der Waals surface area contributed by atoms with E-state index < -0.39 is 0 Å². The first-order chi connectivity index (χ1) is 10.2. The molecule has 0 radical (unpaired) electrons. The second-order valence-corrected chi connectivity index (χ2v) is 6.13. The molecule has 0 unspecified atom stereocenters. The van der Waals surface area contributed by atoms with E-state index in [4.69, 9.17) is 4.55 Å². The minimum Gasteiger partial charge on any atom is -0.339 e. The molecule has 2 rings (SSSR count). The van der Waals surface area contributed by atoms with Gasteiger partial charge in [0.15, 0.2) is 0 Å². The van der Waals surface area contributed by atoms with Gasteiger partial charge in [-0.25, -0.2) is 0 Å². The Morgan fingerprint density at radius 3 is 2.57 bits per heavy atom. The van der Waals surface area contributed by atoms with E-state index in [1.807, 2.05) is 24.3 Å². The molecule has 0 aromatic heterocycles. The topological polar surface area (TPSA) is 52.6 Å². The Bertz CT molecular complexity index is 444. The number of nitrogens with zero attached hydrogens (tertiary/aromatic N) is 1. The largest absolute Gasteiger partial charge is 0.339 e. The van der Waals surface area contributed by atoms with Crippen LogP contribution in [0.25, 0.3) is 0 Å². The molecule has 0 aliphatic carbocycles. The van der Waals surface area contributed by atoms with Crippen molar-refractivity contribution in [3.05, 3.63) is 29.8 Å². The molecule has 1 aromatic rings. The van der Waals surface area contributed by atoms with E-state index in [-0.39, 0.29) is 5.91 Å². The molecular weight excluding hydrogens is 284 g/mol. The molecular formula is C16H24N2O2S. The van der Waals surface area contributed by atoms with Crippen LogP contribution in [0, 0.1) is 0 Å². The van der Waals surface area contributed by atoms with Gasteiger partial charge in [-0.15, -0.1) is 0 Å². The normalized spacial score (nSPS) is 15.9. The molecule has 4 nitrogen and oxygen atoms in total. The van der Waals surface area contributed by atoms with Crippen LogP contribution in [0.4, 0.5) is 0 Å². The van der Waals surface area contributed by atoms with Crippen molar-refractivity contribution in [1.29, 1.82) is 0 Å². The van der Waals surface area contributed by atoms with Crippen molar-refractivity contribution in [2.24, 2.45) is 0 Å². The van der Waals surface area contributed by atoms with E-state index in [0.717, 1.165) is 61.4 Å². The maximum absolute atomic E-state index is 12.6. The van der Waals surface area contributed by atoms with E-state index in [0.29, 0.717) is 12.5 Å². The third kappa shape index (κ3) is 4.73. The van der Waals surface area contributed by atoms with Gasteiger partial charge in [0.25, 0.3) is 0 Å². The van der Waals surface area contributed by atoms with Crippen molar-refractivity contribution in [1.82, 2.24) is 10.2 Å². The highest BCUT2D eigenvalue weighted by Gasteiger charge is 2.24. The van der Waals surface area contributed by atoms with Crippen LogP contribution in [-0.4, -0.2) is 41.0 Å². The molecule has 1 saturated heterocycles. The quantitative estimate of drug-likeness (QED) is 0.794. The molecule has 1 aliphatic rings. The fourth-order valence-corrected chi connectivity index (χ4v) is 3.07. The van der Waals surface area contributed by atoms with Gasteiger partial charge in [-0.3, -0.25) is 4.79 Å². The Hall–Kier alpha value is -1.04. The van der Waals surface area contributed by atoms with Gasteiger partial charge in [-0.1, -0.05) is 19.1 Å². The summed E-state index contributed by atoms with van der Waals surface area (Å²) in [6, 6.07) is 7.92. The van der Waals surface area contributed by atoms with E-state index in [2.05, 4.69) is 17.1 Å². The Balaban J connectivity index is 1.99. The number of piperidine rings is 1. The predicted molar refractivity (Wildman–Crippen MR) is 86.5 cm³/mol. The number of carbonyl (C=O) groups excluding carboxylic acids is 1. The molecule has 116 valence electrons. The molecule has 2 N–H and O–H groups in total. The molecule has 1 amide bonds. The number of carbonyl (C=O) groups is 1. The first kappa shape index (κ1) is 16.3. The van der Waals surface area contributed by atoms with Gasteiger partial charge in [0, 0.05) is 29.5 Å². The highest BCUT2D eigenvalue weighted by molar-refractivity contribution is 7.93. The first-order valence-electron chi connectivity index (χ1n) is 7.65. The number of benzene rings is 1. The lowest BCUT2D eigenvalue weighted by Crippen LogP contribution is -2.47. The summed E-state index contributed by atoms with van der Waals surface area (Å²) in [6.07, 6.45) is 3.54. The van der Waals surface area contributed by atoms with Crippen molar-refractivity contribution >= 4 is 17.9 Å². The van der Waals surface area contributed by atoms with Gasteiger partial charge in [0.05, 0.1) is 6.42 Å². The average Bonchev–Trinajstić information content (AvgIpc) is 2.54. The second kappa shape index (κ2) is 8.41. The zero-order valence-electron chi connectivity index (χ0n) is 12.5. The molecule has 0 atom stereocenters. The fourth-order valence-electron chi connectivity index (χ4n) is 2.81. The van der Waals surface area contributed by atoms with E-state index in [9.17, 15) is 4.79 Å². The molecule has 0 spiro atoms. The monoisotopic (exact) mass is 308 g/mol. The van der Waals surface area contributed by atoms with Crippen molar-refractivity contribution in [3.63, 3.8) is 0 Å². The molecule has 21 heavy (non-hydrogen) atoms. The van der Waals surface area contributed by atoms with Gasteiger partial charge in [0.2, 0.25) is 5.91 Å². The van der Waals surface area contributed by atoms with Crippen LogP contribution in [0.3, 0.4) is 0 Å². The number of amides is 1. The van der Waals surface area contributed by atoms with Crippen molar-refractivity contribution in [2.75, 3.05) is 19.6 Å². The van der Waals surface area contributed by atoms with Crippen molar-refractivity contribution < 1.29 is 9.35 Å². The fraction of sp³-hybridized carbons (Fsp3) is 0.562. The summed E-state index contributed by atoms with van der Waals surface area (Å²) in [5.41, 5.74) is 1.01. The minimum atomic E-state index is 0.216. The highest BCUT2D eigenvalue weighted by atomic mass is 32.2. The number of hydrogen-bond donors (Lipinski definition) is 2. The number of rotatable bonds is 6. The third-order valence-corrected chi connectivity index (χ3v) is 4.40. The van der Waals surface area contributed by atoms with Crippen LogP contribution in [0.2, 0.25) is 0 Å². The molecule has 1 aliphatic heterocycles. The average molecular weight is 308 g/mol. The van der Waals surface area contributed by atoms with Gasteiger partial charge in [0.1, 0.15) is 0 Å². The second-order valence-electron chi connectivity index (χ2n) is 5.48. The summed E-state index contributed by atoms with van der Waals surface area (Å²) < 4.78 is 8.97. The van der Waals surface area contributed by atoms with E-state index in [1.165, 1.54) is 0 Å². The molecule has 0 saturated carbocycles. The Labute approximate surface area is 131 Å². The summed E-state index contributed by atoms with van der Waals surface area (Å²) in [5, 5.41) is 3.35. The summed E-state index contributed by atoms with van der Waals surface area (Å²) in [6.45, 7) is 4.96. The molecule has 1 heterocycles. The maximum atomic E-state index is 12.6. The standard InChI is InChI=1S/C16H24N2O2S/c1-2-11-18(14-7-9-17-10-8-14)16(19)12-13-3-5-15(21-20)6-4-13/h3-6,14,17,20H,2,7-12H2,1H3. The lowest BCUT2D eigenvalue weighted by Gasteiger charge is -2.34. The molecule has 5 heteroatoms. The first-order valence-corrected chi connectivity index (χ1v) is 8.42. The van der Waals surface area contributed by atoms with E-state index >= 15 is 0 Å². The predicted octanol–water partition coefficient (Wildman–Crippen LogP) is 2.78. The van der Waals surface area contributed by atoms with Gasteiger partial charge < -0.3 is 14.8 Å². The molecule has 0 bridgehead atoms. The van der Waals surface area contributed by atoms with Gasteiger partial charge >= 0.3 is 0 Å². The zero-order chi connectivity index (χ0) is 15.1. The van der Waals surface area contributed by atoms with E-state index in [1.54, 1.807) is 0 Å². The minimum absolute atomic E-state index is 0.216. The zero-order valence-corrected chi connectivity index (χ0v) is 13.4. The SMILES string of the molecule is CCCN(C(=O)Cc1ccc(SO)cc1)C1CCNCC1. The molecule has 1 aromatic carbocycles. The van der Waals surface area contributed by atoms with Crippen LogP contribution in [0.15, 0.2) is 29.2 Å². The van der Waals surface area contributed by atoms with Gasteiger partial charge in [-0.2, -0.15) is 0 Å². The lowest BCUT2D eigenvalue weighted by molar-refractivity contribution is -0.133. The van der Waals surface area contributed by atoms with Crippen molar-refractivity contribution in [3.8, 4) is 0 Å².